The topological polar surface area (TPSA) is 50.8 Å². The second kappa shape index (κ2) is 5.35. The molecule has 114 valence electrons. The minimum atomic E-state index is -0.303. The molecule has 0 radical (unpaired) electrons. The Labute approximate surface area is 132 Å². The average molecular weight is 307 g/mol. The molecule has 0 bridgehead atoms. The van der Waals surface area contributed by atoms with Crippen molar-refractivity contribution in [1.82, 2.24) is 15.0 Å². The van der Waals surface area contributed by atoms with E-state index in [9.17, 15) is 4.39 Å². The predicted octanol–water partition coefficient (Wildman–Crippen LogP) is 4.60. The molecule has 0 spiro atoms. The van der Waals surface area contributed by atoms with Crippen LogP contribution in [0.1, 0.15) is 12.5 Å². The zero-order chi connectivity index (χ0) is 15.8. The van der Waals surface area contributed by atoms with Crippen molar-refractivity contribution >= 4 is 21.9 Å². The number of aromatic amines is 1. The van der Waals surface area contributed by atoms with Crippen LogP contribution in [-0.4, -0.2) is 15.0 Å². The van der Waals surface area contributed by atoms with Crippen molar-refractivity contribution in [2.75, 3.05) is 0 Å². The van der Waals surface area contributed by atoms with Crippen molar-refractivity contribution in [2.24, 2.45) is 0 Å². The predicted molar refractivity (Wildman–Crippen MR) is 87.2 cm³/mol. The van der Waals surface area contributed by atoms with Gasteiger partial charge in [-0.1, -0.05) is 13.0 Å². The SMILES string of the molecule is CCc1ccc2[nH]c3c(Oc4ccc(F)cc4)ncnc3c2c1. The summed E-state index contributed by atoms with van der Waals surface area (Å²) in [4.78, 5) is 11.9. The molecule has 0 aliphatic rings. The second-order valence-corrected chi connectivity index (χ2v) is 5.32. The molecular formula is C18H14FN3O. The van der Waals surface area contributed by atoms with Gasteiger partial charge in [-0.2, -0.15) is 4.98 Å². The maximum absolute atomic E-state index is 13.0. The zero-order valence-electron chi connectivity index (χ0n) is 12.5. The van der Waals surface area contributed by atoms with Crippen LogP contribution >= 0.6 is 0 Å². The molecule has 0 atom stereocenters. The standard InChI is InChI=1S/C18H14FN3O/c1-2-11-3-8-15-14(9-11)16-17(22-15)18(21-10-20-16)23-13-6-4-12(19)5-7-13/h3-10,22H,2H2,1H3. The number of rotatable bonds is 3. The fourth-order valence-corrected chi connectivity index (χ4v) is 2.63. The molecule has 4 rings (SSSR count). The highest BCUT2D eigenvalue weighted by Crippen LogP contribution is 2.31. The van der Waals surface area contributed by atoms with Gasteiger partial charge in [0.15, 0.2) is 0 Å². The number of H-pyrrole nitrogens is 1. The number of halogens is 1. The lowest BCUT2D eigenvalue weighted by Gasteiger charge is -2.04. The Bertz CT molecular complexity index is 992. The van der Waals surface area contributed by atoms with E-state index in [-0.39, 0.29) is 5.82 Å². The van der Waals surface area contributed by atoms with Gasteiger partial charge in [0.25, 0.3) is 0 Å². The summed E-state index contributed by atoms with van der Waals surface area (Å²) in [6.07, 6.45) is 2.44. The van der Waals surface area contributed by atoms with Crippen LogP contribution in [0.15, 0.2) is 48.8 Å². The summed E-state index contributed by atoms with van der Waals surface area (Å²) in [6.45, 7) is 2.12. The van der Waals surface area contributed by atoms with E-state index < -0.39 is 0 Å². The molecule has 0 saturated heterocycles. The van der Waals surface area contributed by atoms with Gasteiger partial charge in [0.1, 0.15) is 28.9 Å². The Morgan fingerprint density at radius 2 is 1.91 bits per heavy atom. The third kappa shape index (κ3) is 2.40. The summed E-state index contributed by atoms with van der Waals surface area (Å²) < 4.78 is 18.8. The Kier molecular flexibility index (Phi) is 3.19. The van der Waals surface area contributed by atoms with E-state index in [4.69, 9.17) is 4.74 Å². The molecule has 0 amide bonds. The number of hydrogen-bond acceptors (Lipinski definition) is 3. The fraction of sp³-hybridized carbons (Fsp3) is 0.111. The lowest BCUT2D eigenvalue weighted by Crippen LogP contribution is -1.90. The molecule has 0 unspecified atom stereocenters. The number of benzene rings is 2. The average Bonchev–Trinajstić information content (AvgIpc) is 2.96. The number of hydrogen-bond donors (Lipinski definition) is 1. The normalized spacial score (nSPS) is 11.2. The van der Waals surface area contributed by atoms with Gasteiger partial charge in [-0.3, -0.25) is 0 Å². The molecule has 0 saturated carbocycles. The highest BCUT2D eigenvalue weighted by Gasteiger charge is 2.12. The smallest absolute Gasteiger partial charge is 0.247 e. The Hall–Kier alpha value is -2.95. The Morgan fingerprint density at radius 1 is 1.09 bits per heavy atom. The van der Waals surface area contributed by atoms with E-state index in [1.165, 1.54) is 24.0 Å². The van der Waals surface area contributed by atoms with Crippen LogP contribution in [0.5, 0.6) is 11.6 Å². The van der Waals surface area contributed by atoms with Crippen molar-refractivity contribution in [3.63, 3.8) is 0 Å². The van der Waals surface area contributed by atoms with Gasteiger partial charge in [-0.05, 0) is 48.4 Å². The maximum atomic E-state index is 13.0. The van der Waals surface area contributed by atoms with E-state index in [0.717, 1.165) is 28.4 Å². The van der Waals surface area contributed by atoms with Gasteiger partial charge in [0, 0.05) is 10.9 Å². The molecule has 1 N–H and O–H groups in total. The van der Waals surface area contributed by atoms with E-state index in [0.29, 0.717) is 11.6 Å². The van der Waals surface area contributed by atoms with Crippen molar-refractivity contribution < 1.29 is 9.13 Å². The number of nitrogens with zero attached hydrogens (tertiary/aromatic N) is 2. The third-order valence-electron chi connectivity index (χ3n) is 3.85. The number of ether oxygens (including phenoxy) is 1. The largest absolute Gasteiger partial charge is 0.437 e. The zero-order valence-corrected chi connectivity index (χ0v) is 12.5. The summed E-state index contributed by atoms with van der Waals surface area (Å²) in [5.74, 6) is 0.651. The molecule has 23 heavy (non-hydrogen) atoms. The Balaban J connectivity index is 1.85. The van der Waals surface area contributed by atoms with Crippen molar-refractivity contribution in [3.05, 3.63) is 60.2 Å². The maximum Gasteiger partial charge on any atom is 0.247 e. The summed E-state index contributed by atoms with van der Waals surface area (Å²) in [5, 5.41) is 1.05. The van der Waals surface area contributed by atoms with Gasteiger partial charge in [-0.25, -0.2) is 9.37 Å². The second-order valence-electron chi connectivity index (χ2n) is 5.32. The number of aromatic nitrogens is 3. The molecule has 4 nitrogen and oxygen atoms in total. The van der Waals surface area contributed by atoms with Crippen LogP contribution in [-0.2, 0) is 6.42 Å². The molecule has 5 heteroatoms. The monoisotopic (exact) mass is 307 g/mol. The van der Waals surface area contributed by atoms with Crippen LogP contribution in [0.3, 0.4) is 0 Å². The molecule has 4 aromatic rings. The van der Waals surface area contributed by atoms with Crippen molar-refractivity contribution in [2.45, 2.75) is 13.3 Å². The minimum absolute atomic E-state index is 0.303. The molecule has 2 aromatic heterocycles. The minimum Gasteiger partial charge on any atom is -0.437 e. The van der Waals surface area contributed by atoms with Crippen LogP contribution in [0.2, 0.25) is 0 Å². The molecular weight excluding hydrogens is 293 g/mol. The van der Waals surface area contributed by atoms with Crippen LogP contribution < -0.4 is 4.74 Å². The lowest BCUT2D eigenvalue weighted by molar-refractivity contribution is 0.465. The first-order valence-corrected chi connectivity index (χ1v) is 7.43. The Morgan fingerprint density at radius 3 is 2.70 bits per heavy atom. The molecule has 2 aromatic carbocycles. The number of aryl methyl sites for hydroxylation is 1. The highest BCUT2D eigenvalue weighted by molar-refractivity contribution is 6.06. The molecule has 2 heterocycles. The summed E-state index contributed by atoms with van der Waals surface area (Å²) in [5.41, 5.74) is 3.79. The molecule has 0 aliphatic heterocycles. The first-order chi connectivity index (χ1) is 11.2. The third-order valence-corrected chi connectivity index (χ3v) is 3.85. The first-order valence-electron chi connectivity index (χ1n) is 7.43. The van der Waals surface area contributed by atoms with Gasteiger partial charge in [0.05, 0.1) is 0 Å². The molecule has 0 fully saturated rings. The van der Waals surface area contributed by atoms with Gasteiger partial charge < -0.3 is 9.72 Å². The summed E-state index contributed by atoms with van der Waals surface area (Å²) in [7, 11) is 0. The summed E-state index contributed by atoms with van der Waals surface area (Å²) in [6, 6.07) is 12.1. The quantitative estimate of drug-likeness (QED) is 0.601. The highest BCUT2D eigenvalue weighted by atomic mass is 19.1. The van der Waals surface area contributed by atoms with E-state index >= 15 is 0 Å². The van der Waals surface area contributed by atoms with Gasteiger partial charge in [-0.15, -0.1) is 0 Å². The number of nitrogens with one attached hydrogen (secondary N) is 1. The van der Waals surface area contributed by atoms with Crippen LogP contribution in [0.25, 0.3) is 21.9 Å². The van der Waals surface area contributed by atoms with Crippen LogP contribution in [0.4, 0.5) is 4.39 Å². The van der Waals surface area contributed by atoms with Crippen LogP contribution in [0, 0.1) is 5.82 Å². The fourth-order valence-electron chi connectivity index (χ4n) is 2.63. The number of fused-ring (bicyclic) bond motifs is 3. The van der Waals surface area contributed by atoms with E-state index in [1.54, 1.807) is 12.1 Å². The van der Waals surface area contributed by atoms with E-state index in [2.05, 4.69) is 34.0 Å². The summed E-state index contributed by atoms with van der Waals surface area (Å²) >= 11 is 0. The van der Waals surface area contributed by atoms with Crippen molar-refractivity contribution in [1.29, 1.82) is 0 Å². The molecule has 0 aliphatic carbocycles. The first kappa shape index (κ1) is 13.7. The van der Waals surface area contributed by atoms with Crippen molar-refractivity contribution in [3.8, 4) is 11.6 Å². The van der Waals surface area contributed by atoms with E-state index in [1.807, 2.05) is 6.07 Å². The van der Waals surface area contributed by atoms with Gasteiger partial charge >= 0.3 is 0 Å². The lowest BCUT2D eigenvalue weighted by atomic mass is 10.1. The van der Waals surface area contributed by atoms with Gasteiger partial charge in [0.2, 0.25) is 5.88 Å².